The Morgan fingerprint density at radius 2 is 1.48 bits per heavy atom. The van der Waals surface area contributed by atoms with Crippen LogP contribution in [0.5, 0.6) is 5.75 Å². The molecule has 280 valence electrons. The monoisotopic (exact) mass is 733 g/mol. The SMILES string of the molecule is C/C=C/N/C=C/C.CC.O=Nc1ccc(Nc2ccc(OCC(=O)N3CCN(Cc4cc5cc(C(F)(F)F)ccc5o4)CC3)cc2)cc1C(F)(F)F. The number of ether oxygens (including phenoxy) is 1. The highest BCUT2D eigenvalue weighted by atomic mass is 19.4. The first-order chi connectivity index (χ1) is 24.8. The number of benzene rings is 3. The van der Waals surface area contributed by atoms with E-state index in [1.54, 1.807) is 35.2 Å². The highest BCUT2D eigenvalue weighted by Gasteiger charge is 2.34. The fraction of sp³-hybridized carbons (Fsp3) is 0.324. The van der Waals surface area contributed by atoms with Crippen LogP contribution in [0, 0.1) is 4.91 Å². The molecule has 3 aromatic carbocycles. The summed E-state index contributed by atoms with van der Waals surface area (Å²) in [6, 6.07) is 14.3. The molecule has 0 atom stereocenters. The molecule has 2 N–H and O–H groups in total. The Morgan fingerprint density at radius 1 is 0.846 bits per heavy atom. The van der Waals surface area contributed by atoms with E-state index < -0.39 is 29.2 Å². The summed E-state index contributed by atoms with van der Waals surface area (Å²) < 4.78 is 89.7. The van der Waals surface area contributed by atoms with Crippen molar-refractivity contribution in [2.75, 3.05) is 38.1 Å². The number of carbonyl (C=O) groups is 1. The molecule has 1 aromatic heterocycles. The standard InChI is InChI=1S/C29H24F6N4O4.C6H11N.C2H6/c30-28(31,32)19-1-8-26-18(13-19)14-23(43-26)16-38-9-11-39(12-10-38)27(40)17-42-22-5-2-20(3-6-22)36-21-4-7-25(37-41)24(15-21)29(33,34)35;1-3-5-7-6-4-2;1-2/h1-8,13-15,36H,9-12,16-17H2;3-7H,1-2H3;1-2H3/b;5-3+,6-4+;. The molecule has 0 spiro atoms. The lowest BCUT2D eigenvalue weighted by Gasteiger charge is -2.34. The molecule has 1 amide bonds. The Morgan fingerprint density at radius 3 is 2.06 bits per heavy atom. The van der Waals surface area contributed by atoms with Crippen LogP contribution in [0.15, 0.2) is 101 Å². The minimum absolute atomic E-state index is 0.110. The molecule has 1 aliphatic heterocycles. The number of hydrogen-bond acceptors (Lipinski definition) is 8. The summed E-state index contributed by atoms with van der Waals surface area (Å²) in [4.78, 5) is 27.1. The van der Waals surface area contributed by atoms with E-state index in [9.17, 15) is 36.0 Å². The van der Waals surface area contributed by atoms with Crippen LogP contribution in [-0.2, 0) is 23.7 Å². The van der Waals surface area contributed by atoms with Crippen LogP contribution in [0.1, 0.15) is 44.6 Å². The van der Waals surface area contributed by atoms with Gasteiger partial charge in [-0.15, -0.1) is 4.91 Å². The van der Waals surface area contributed by atoms with Crippen LogP contribution >= 0.6 is 0 Å². The lowest BCUT2D eigenvalue weighted by molar-refractivity contribution is -0.138. The minimum atomic E-state index is -4.74. The fourth-order valence-electron chi connectivity index (χ4n) is 4.93. The molecule has 2 heterocycles. The molecule has 1 aliphatic rings. The number of anilines is 2. The summed E-state index contributed by atoms with van der Waals surface area (Å²) >= 11 is 0. The van der Waals surface area contributed by atoms with Crippen molar-refractivity contribution in [1.82, 2.24) is 15.1 Å². The molecule has 0 bridgehead atoms. The topological polar surface area (TPSA) is 99.4 Å². The maximum absolute atomic E-state index is 13.2. The maximum atomic E-state index is 13.2. The quantitative estimate of drug-likeness (QED) is 0.124. The number of furan rings is 1. The largest absolute Gasteiger partial charge is 0.484 e. The molecule has 9 nitrogen and oxygen atoms in total. The number of allylic oxidation sites excluding steroid dienone is 2. The first-order valence-electron chi connectivity index (χ1n) is 16.4. The minimum Gasteiger partial charge on any atom is -0.484 e. The van der Waals surface area contributed by atoms with Gasteiger partial charge in [-0.2, -0.15) is 26.3 Å². The predicted octanol–water partition coefficient (Wildman–Crippen LogP) is 10.0. The molecular weight excluding hydrogens is 692 g/mol. The van der Waals surface area contributed by atoms with E-state index in [4.69, 9.17) is 9.15 Å². The number of amides is 1. The number of rotatable bonds is 10. The van der Waals surface area contributed by atoms with E-state index in [2.05, 4.69) is 15.8 Å². The van der Waals surface area contributed by atoms with Crippen molar-refractivity contribution in [2.45, 2.75) is 46.6 Å². The Balaban J connectivity index is 0.000000726. The second-order valence-corrected chi connectivity index (χ2v) is 11.0. The first-order valence-corrected chi connectivity index (χ1v) is 16.4. The fourth-order valence-corrected chi connectivity index (χ4v) is 4.93. The molecule has 0 radical (unpaired) electrons. The van der Waals surface area contributed by atoms with Crippen LogP contribution in [-0.4, -0.2) is 48.5 Å². The van der Waals surface area contributed by atoms with Gasteiger partial charge in [-0.3, -0.25) is 9.69 Å². The van der Waals surface area contributed by atoms with Crippen LogP contribution in [0.3, 0.4) is 0 Å². The van der Waals surface area contributed by atoms with Crippen LogP contribution in [0.2, 0.25) is 0 Å². The second kappa shape index (κ2) is 19.3. The highest BCUT2D eigenvalue weighted by molar-refractivity contribution is 5.79. The molecule has 0 saturated carbocycles. The number of carbonyl (C=O) groups excluding carboxylic acids is 1. The number of nitrogens with one attached hydrogen (secondary N) is 2. The summed E-state index contributed by atoms with van der Waals surface area (Å²) in [5.74, 6) is 0.688. The molecule has 0 unspecified atom stereocenters. The van der Waals surface area contributed by atoms with Gasteiger partial charge in [0.05, 0.1) is 17.7 Å². The molecule has 5 rings (SSSR count). The van der Waals surface area contributed by atoms with E-state index in [-0.39, 0.29) is 18.2 Å². The van der Waals surface area contributed by atoms with Crippen molar-refractivity contribution >= 4 is 33.9 Å². The number of nitroso groups, excluding NO2 is 1. The normalized spacial score (nSPS) is 13.7. The number of alkyl halides is 6. The van der Waals surface area contributed by atoms with Crippen molar-refractivity contribution < 1.29 is 40.3 Å². The molecule has 4 aromatic rings. The van der Waals surface area contributed by atoms with Crippen LogP contribution < -0.4 is 15.4 Å². The lowest BCUT2D eigenvalue weighted by Crippen LogP contribution is -2.49. The van der Waals surface area contributed by atoms with Crippen LogP contribution in [0.4, 0.5) is 43.4 Å². The van der Waals surface area contributed by atoms with Crippen molar-refractivity contribution in [2.24, 2.45) is 5.18 Å². The predicted molar refractivity (Wildman–Crippen MR) is 189 cm³/mol. The van der Waals surface area contributed by atoms with Crippen molar-refractivity contribution in [3.8, 4) is 5.75 Å². The zero-order valence-electron chi connectivity index (χ0n) is 29.1. The number of fused-ring (bicyclic) bond motifs is 1. The van der Waals surface area contributed by atoms with E-state index in [1.165, 1.54) is 12.1 Å². The molecular formula is C37H41F6N5O4. The van der Waals surface area contributed by atoms with Gasteiger partial charge in [-0.1, -0.05) is 26.0 Å². The van der Waals surface area contributed by atoms with Gasteiger partial charge < -0.3 is 24.7 Å². The first kappa shape index (κ1) is 41.1. The van der Waals surface area contributed by atoms with Gasteiger partial charge in [0.15, 0.2) is 6.61 Å². The molecule has 1 fully saturated rings. The third-order valence-electron chi connectivity index (χ3n) is 7.43. The van der Waals surface area contributed by atoms with E-state index in [0.717, 1.165) is 24.3 Å². The van der Waals surface area contributed by atoms with Crippen molar-refractivity contribution in [3.63, 3.8) is 0 Å². The number of piperazine rings is 1. The van der Waals surface area contributed by atoms with Gasteiger partial charge in [0, 0.05) is 42.9 Å². The van der Waals surface area contributed by atoms with E-state index in [1.807, 2.05) is 57.1 Å². The molecule has 52 heavy (non-hydrogen) atoms. The van der Waals surface area contributed by atoms with E-state index >= 15 is 0 Å². The van der Waals surface area contributed by atoms with Gasteiger partial charge in [-0.25, -0.2) is 0 Å². The molecule has 0 aliphatic carbocycles. The summed E-state index contributed by atoms with van der Waals surface area (Å²) in [5.41, 5.74) is -1.65. The average molecular weight is 734 g/mol. The Hall–Kier alpha value is -5.31. The third kappa shape index (κ3) is 12.2. The van der Waals surface area contributed by atoms with Gasteiger partial charge in [0.1, 0.15) is 22.8 Å². The van der Waals surface area contributed by atoms with Gasteiger partial charge in [0.2, 0.25) is 0 Å². The van der Waals surface area contributed by atoms with Gasteiger partial charge >= 0.3 is 12.4 Å². The smallest absolute Gasteiger partial charge is 0.418 e. The Bertz CT molecular complexity index is 1790. The molecule has 15 heteroatoms. The molecule has 1 saturated heterocycles. The third-order valence-corrected chi connectivity index (χ3v) is 7.43. The van der Waals surface area contributed by atoms with Crippen LogP contribution in [0.25, 0.3) is 11.0 Å². The summed E-state index contributed by atoms with van der Waals surface area (Å²) in [6.07, 6.45) is -1.53. The van der Waals surface area contributed by atoms with Gasteiger partial charge in [0.25, 0.3) is 5.91 Å². The maximum Gasteiger partial charge on any atom is 0.418 e. The number of halogens is 6. The Labute approximate surface area is 297 Å². The summed E-state index contributed by atoms with van der Waals surface area (Å²) in [7, 11) is 0. The summed E-state index contributed by atoms with van der Waals surface area (Å²) in [5, 5.41) is 8.54. The second-order valence-electron chi connectivity index (χ2n) is 11.0. The van der Waals surface area contributed by atoms with E-state index in [0.29, 0.717) is 60.9 Å². The van der Waals surface area contributed by atoms with Gasteiger partial charge in [-0.05, 0) is 98.2 Å². The Kier molecular flexibility index (Phi) is 15.3. The lowest BCUT2D eigenvalue weighted by atomic mass is 10.1. The average Bonchev–Trinajstić information content (AvgIpc) is 3.54. The number of hydrogen-bond donors (Lipinski definition) is 2. The summed E-state index contributed by atoms with van der Waals surface area (Å²) in [6.45, 7) is 10.1. The van der Waals surface area contributed by atoms with Crippen molar-refractivity contribution in [3.05, 3.63) is 113 Å². The van der Waals surface area contributed by atoms with Crippen molar-refractivity contribution in [1.29, 1.82) is 0 Å². The zero-order valence-corrected chi connectivity index (χ0v) is 29.1. The number of nitrogens with zero attached hydrogens (tertiary/aromatic N) is 3. The zero-order chi connectivity index (χ0) is 38.3. The highest BCUT2D eigenvalue weighted by Crippen LogP contribution is 2.38.